The van der Waals surface area contributed by atoms with Crippen molar-refractivity contribution in [2.45, 2.75) is 56.4 Å². The van der Waals surface area contributed by atoms with Gasteiger partial charge in [0.15, 0.2) is 11.2 Å². The molecule has 3 atom stereocenters. The van der Waals surface area contributed by atoms with E-state index < -0.39 is 42.2 Å². The van der Waals surface area contributed by atoms with Gasteiger partial charge in [-0.2, -0.15) is 5.10 Å². The number of likely N-dealkylation sites (tertiary alicyclic amines) is 1. The Morgan fingerprint density at radius 3 is 2.65 bits per heavy atom. The molecule has 1 amide bonds. The van der Waals surface area contributed by atoms with Gasteiger partial charge in [0, 0.05) is 43.1 Å². The molecule has 3 aromatic rings. The van der Waals surface area contributed by atoms with E-state index in [1.807, 2.05) is 6.07 Å². The maximum Gasteiger partial charge on any atom is 0.331 e. The molecule has 0 spiro atoms. The van der Waals surface area contributed by atoms with Gasteiger partial charge in [-0.1, -0.05) is 39.5 Å². The Bertz CT molecular complexity index is 1290. The third kappa shape index (κ3) is 4.71. The topological polar surface area (TPSA) is 97.6 Å². The van der Waals surface area contributed by atoms with Gasteiger partial charge >= 0.3 is 5.97 Å². The molecule has 8 nitrogen and oxygen atoms in total. The fraction of sp³-hybridized carbons (Fsp3) is 0.407. The number of carbonyl (C=O) groups excluding carboxylic acids is 1. The minimum atomic E-state index is -2.21. The SMILES string of the molecule is C=Cc1cc(C(=O)N2C(c3nccs3)C(F)(COC)CC2(Cn2cccn2)C(=O)O)ccc1C(C)(C)C. The van der Waals surface area contributed by atoms with Crippen LogP contribution in [-0.2, 0) is 21.5 Å². The van der Waals surface area contributed by atoms with Crippen LogP contribution >= 0.6 is 11.3 Å². The highest BCUT2D eigenvalue weighted by atomic mass is 32.1. The van der Waals surface area contributed by atoms with E-state index in [9.17, 15) is 14.7 Å². The number of carbonyl (C=O) groups is 2. The van der Waals surface area contributed by atoms with Crippen LogP contribution in [0.4, 0.5) is 4.39 Å². The molecule has 4 rings (SSSR count). The first-order chi connectivity index (χ1) is 17.5. The lowest BCUT2D eigenvalue weighted by Gasteiger charge is -2.37. The molecule has 0 bridgehead atoms. The van der Waals surface area contributed by atoms with Gasteiger partial charge in [0.25, 0.3) is 5.91 Å². The predicted molar refractivity (Wildman–Crippen MR) is 139 cm³/mol. The zero-order chi connectivity index (χ0) is 27.0. The fourth-order valence-electron chi connectivity index (χ4n) is 5.26. The number of amides is 1. The van der Waals surface area contributed by atoms with Gasteiger partial charge in [0.1, 0.15) is 11.0 Å². The third-order valence-corrected chi connectivity index (χ3v) is 7.62. The monoisotopic (exact) mass is 526 g/mol. The van der Waals surface area contributed by atoms with Crippen molar-refractivity contribution in [3.63, 3.8) is 0 Å². The smallest absolute Gasteiger partial charge is 0.331 e. The first-order valence-corrected chi connectivity index (χ1v) is 12.7. The third-order valence-electron chi connectivity index (χ3n) is 6.79. The summed E-state index contributed by atoms with van der Waals surface area (Å²) in [6, 6.07) is 5.55. The number of benzene rings is 1. The highest BCUT2D eigenvalue weighted by Gasteiger charge is 2.67. The lowest BCUT2D eigenvalue weighted by Crippen LogP contribution is -2.56. The summed E-state index contributed by atoms with van der Waals surface area (Å²) in [6.45, 7) is 9.41. The maximum absolute atomic E-state index is 16.9. The van der Waals surface area contributed by atoms with Gasteiger partial charge < -0.3 is 14.7 Å². The molecule has 0 radical (unpaired) electrons. The summed E-state index contributed by atoms with van der Waals surface area (Å²) in [5.41, 5.74) is -2.40. The number of thiazole rings is 1. The lowest BCUT2D eigenvalue weighted by atomic mass is 9.83. The van der Waals surface area contributed by atoms with Crippen LogP contribution in [0.15, 0.2) is 54.8 Å². The Labute approximate surface area is 219 Å². The minimum Gasteiger partial charge on any atom is -0.479 e. The average Bonchev–Trinajstić information content (AvgIpc) is 3.58. The van der Waals surface area contributed by atoms with Gasteiger partial charge in [0.05, 0.1) is 13.2 Å². The van der Waals surface area contributed by atoms with E-state index in [0.29, 0.717) is 5.01 Å². The van der Waals surface area contributed by atoms with Gasteiger partial charge in [-0.3, -0.25) is 9.48 Å². The Hall–Kier alpha value is -3.37. The van der Waals surface area contributed by atoms with E-state index in [1.165, 1.54) is 35.5 Å². The number of nitrogens with zero attached hydrogens (tertiary/aromatic N) is 4. The van der Waals surface area contributed by atoms with Gasteiger partial charge in [0.2, 0.25) is 0 Å². The van der Waals surface area contributed by atoms with Crippen molar-refractivity contribution in [3.8, 4) is 0 Å². The first-order valence-electron chi connectivity index (χ1n) is 11.9. The summed E-state index contributed by atoms with van der Waals surface area (Å²) in [4.78, 5) is 32.8. The second-order valence-corrected chi connectivity index (χ2v) is 11.3. The Morgan fingerprint density at radius 1 is 1.35 bits per heavy atom. The number of carboxylic acids is 1. The molecule has 2 aromatic heterocycles. The van der Waals surface area contributed by atoms with Gasteiger partial charge in [-0.25, -0.2) is 14.2 Å². The van der Waals surface area contributed by atoms with Crippen molar-refractivity contribution in [3.05, 3.63) is 76.5 Å². The van der Waals surface area contributed by atoms with Crippen molar-refractivity contribution >= 4 is 29.3 Å². The molecule has 37 heavy (non-hydrogen) atoms. The van der Waals surface area contributed by atoms with Crippen LogP contribution in [0.25, 0.3) is 6.08 Å². The second kappa shape index (κ2) is 9.83. The second-order valence-electron chi connectivity index (χ2n) is 10.4. The zero-order valence-corrected chi connectivity index (χ0v) is 22.2. The molecule has 3 heterocycles. The number of aliphatic carboxylic acids is 1. The standard InChI is InChI=1S/C27H31FN4O4S/c1-6-18-14-19(8-9-20(18)25(2,3)4)23(33)32-21(22-29-11-13-37-22)26(28,17-36-5)15-27(32,24(34)35)16-31-12-7-10-30-31/h6-14,21H,1,15-17H2,2-5H3,(H,34,35). The summed E-state index contributed by atoms with van der Waals surface area (Å²) in [5, 5.41) is 16.7. The molecule has 1 aliphatic rings. The molecular weight excluding hydrogens is 495 g/mol. The first kappa shape index (κ1) is 26.7. The number of hydrogen-bond donors (Lipinski definition) is 1. The van der Waals surface area contributed by atoms with Gasteiger partial charge in [-0.05, 0) is 34.7 Å². The van der Waals surface area contributed by atoms with Crippen LogP contribution in [0.1, 0.15) is 59.7 Å². The van der Waals surface area contributed by atoms with Crippen LogP contribution in [0.3, 0.4) is 0 Å². The van der Waals surface area contributed by atoms with E-state index in [1.54, 1.807) is 35.9 Å². The van der Waals surface area contributed by atoms with Gasteiger partial charge in [-0.15, -0.1) is 11.3 Å². The largest absolute Gasteiger partial charge is 0.479 e. The maximum atomic E-state index is 16.9. The number of aromatic nitrogens is 3. The summed E-state index contributed by atoms with van der Waals surface area (Å²) in [7, 11) is 1.35. The summed E-state index contributed by atoms with van der Waals surface area (Å²) < 4.78 is 23.5. The molecule has 1 aromatic carbocycles. The number of carboxylic acid groups (broad SMARTS) is 1. The fourth-order valence-corrected chi connectivity index (χ4v) is 6.08. The number of alkyl halides is 1. The van der Waals surface area contributed by atoms with Crippen LogP contribution in [0.5, 0.6) is 0 Å². The lowest BCUT2D eigenvalue weighted by molar-refractivity contribution is -0.150. The molecule has 1 saturated heterocycles. The van der Waals surface area contributed by atoms with E-state index in [-0.39, 0.29) is 17.5 Å². The number of rotatable bonds is 8. The summed E-state index contributed by atoms with van der Waals surface area (Å²) in [6.07, 6.45) is 5.78. The van der Waals surface area contributed by atoms with Crippen LogP contribution < -0.4 is 0 Å². The minimum absolute atomic E-state index is 0.209. The number of hydrogen-bond acceptors (Lipinski definition) is 6. The Balaban J connectivity index is 1.94. The van der Waals surface area contributed by atoms with Crippen LogP contribution in [0.2, 0.25) is 0 Å². The highest BCUT2D eigenvalue weighted by molar-refractivity contribution is 7.09. The Morgan fingerprint density at radius 2 is 2.11 bits per heavy atom. The molecule has 196 valence electrons. The summed E-state index contributed by atoms with van der Waals surface area (Å²) in [5.74, 6) is -1.95. The van der Waals surface area contributed by atoms with Crippen LogP contribution in [-0.4, -0.2) is 61.6 Å². The van der Waals surface area contributed by atoms with Crippen molar-refractivity contribution in [2.24, 2.45) is 0 Å². The average molecular weight is 527 g/mol. The molecule has 1 N–H and O–H groups in total. The van der Waals surface area contributed by atoms with Crippen molar-refractivity contribution in [2.75, 3.05) is 13.7 Å². The molecular formula is C27H31FN4O4S. The molecule has 1 fully saturated rings. The van der Waals surface area contributed by atoms with E-state index in [0.717, 1.165) is 16.0 Å². The zero-order valence-electron chi connectivity index (χ0n) is 21.3. The Kier molecular flexibility index (Phi) is 7.09. The number of halogens is 1. The van der Waals surface area contributed by atoms with Crippen molar-refractivity contribution in [1.82, 2.24) is 19.7 Å². The van der Waals surface area contributed by atoms with Crippen molar-refractivity contribution < 1.29 is 23.8 Å². The molecule has 10 heteroatoms. The molecule has 0 aliphatic carbocycles. The number of methoxy groups -OCH3 is 1. The summed E-state index contributed by atoms with van der Waals surface area (Å²) >= 11 is 1.17. The number of ether oxygens (including phenoxy) is 1. The van der Waals surface area contributed by atoms with E-state index in [4.69, 9.17) is 4.74 Å². The van der Waals surface area contributed by atoms with Crippen LogP contribution in [0, 0.1) is 0 Å². The quantitative estimate of drug-likeness (QED) is 0.455. The predicted octanol–water partition coefficient (Wildman–Crippen LogP) is 4.75. The molecule has 1 aliphatic heterocycles. The van der Waals surface area contributed by atoms with E-state index in [2.05, 4.69) is 37.4 Å². The molecule has 0 saturated carbocycles. The van der Waals surface area contributed by atoms with Crippen molar-refractivity contribution in [1.29, 1.82) is 0 Å². The molecule has 3 unspecified atom stereocenters. The highest BCUT2D eigenvalue weighted by Crippen LogP contribution is 2.53. The van der Waals surface area contributed by atoms with E-state index >= 15 is 4.39 Å². The normalized spacial score (nSPS) is 23.8.